The quantitative estimate of drug-likeness (QED) is 0.321. The van der Waals surface area contributed by atoms with Crippen molar-refractivity contribution in [3.05, 3.63) is 42.7 Å². The number of amides is 2. The molecule has 2 rings (SSSR count). The van der Waals surface area contributed by atoms with Gasteiger partial charge in [-0.3, -0.25) is 0 Å². The van der Waals surface area contributed by atoms with Gasteiger partial charge in [-0.05, 0) is 76.4 Å². The minimum Gasteiger partial charge on any atom is -0.378 e. The van der Waals surface area contributed by atoms with E-state index in [9.17, 15) is 9.18 Å². The Kier molecular flexibility index (Phi) is 11.6. The van der Waals surface area contributed by atoms with Crippen molar-refractivity contribution >= 4 is 11.7 Å². The van der Waals surface area contributed by atoms with Crippen molar-refractivity contribution in [3.63, 3.8) is 0 Å². The third-order valence-electron chi connectivity index (χ3n) is 6.09. The monoisotopic (exact) mass is 433 g/mol. The topological polar surface area (TPSA) is 44.8 Å². The number of halogens is 1. The second-order valence-corrected chi connectivity index (χ2v) is 8.67. The van der Waals surface area contributed by atoms with Crippen LogP contribution in [0.4, 0.5) is 14.9 Å². The third-order valence-corrected chi connectivity index (χ3v) is 6.09. The van der Waals surface area contributed by atoms with Crippen molar-refractivity contribution in [3.8, 4) is 0 Å². The van der Waals surface area contributed by atoms with Crippen LogP contribution in [0.3, 0.4) is 0 Å². The molecule has 0 bridgehead atoms. The number of hydrogen-bond acceptors (Lipinski definition) is 3. The van der Waals surface area contributed by atoms with Crippen LogP contribution in [-0.4, -0.2) is 61.8 Å². The van der Waals surface area contributed by atoms with Crippen molar-refractivity contribution in [2.45, 2.75) is 69.9 Å². The largest absolute Gasteiger partial charge is 0.378 e. The molecule has 0 heterocycles. The first kappa shape index (κ1) is 25.3. The molecule has 0 aromatic heterocycles. The Morgan fingerprint density at radius 2 is 1.74 bits per heavy atom. The number of nitrogens with zero attached hydrogens (tertiary/aromatic N) is 2. The maximum atomic E-state index is 13.0. The Hall–Kier alpha value is -1.92. The lowest BCUT2D eigenvalue weighted by atomic mass is 9.92. The van der Waals surface area contributed by atoms with E-state index in [0.717, 1.165) is 51.8 Å². The van der Waals surface area contributed by atoms with E-state index >= 15 is 0 Å². The maximum absolute atomic E-state index is 13.0. The molecule has 1 aliphatic carbocycles. The predicted molar refractivity (Wildman–Crippen MR) is 126 cm³/mol. The van der Waals surface area contributed by atoms with E-state index in [-0.39, 0.29) is 17.9 Å². The van der Waals surface area contributed by atoms with E-state index in [4.69, 9.17) is 4.74 Å². The molecule has 0 aliphatic heterocycles. The van der Waals surface area contributed by atoms with Gasteiger partial charge < -0.3 is 19.9 Å². The van der Waals surface area contributed by atoms with Gasteiger partial charge in [-0.15, -0.1) is 6.58 Å². The zero-order valence-corrected chi connectivity index (χ0v) is 19.3. The number of anilines is 1. The molecule has 1 aromatic carbocycles. The lowest BCUT2D eigenvalue weighted by Gasteiger charge is -2.34. The number of urea groups is 1. The van der Waals surface area contributed by atoms with E-state index in [1.807, 2.05) is 13.1 Å². The fourth-order valence-corrected chi connectivity index (χ4v) is 4.09. The summed E-state index contributed by atoms with van der Waals surface area (Å²) in [7, 11) is 3.97. The summed E-state index contributed by atoms with van der Waals surface area (Å²) in [5.74, 6) is -0.309. The number of carbonyl (C=O) groups excluding carboxylic acids is 1. The van der Waals surface area contributed by atoms with Gasteiger partial charge in [-0.1, -0.05) is 25.3 Å². The first-order chi connectivity index (χ1) is 15.0. The summed E-state index contributed by atoms with van der Waals surface area (Å²) in [5, 5.41) is 2.83. The molecule has 1 aliphatic rings. The summed E-state index contributed by atoms with van der Waals surface area (Å²) in [5.41, 5.74) is 0.610. The standard InChI is InChI=1S/C25H40FN3O2/c1-4-18-28(2)19-8-6-5-7-9-20-31-24-16-14-23(15-17-24)29(3)25(30)27-22-12-10-21(26)11-13-22/h4,10-13,23-24H,1,5-9,14-20H2,2-3H3,(H,27,30)/t23-,24-. The number of benzene rings is 1. The highest BCUT2D eigenvalue weighted by molar-refractivity contribution is 5.89. The van der Waals surface area contributed by atoms with Gasteiger partial charge in [0.2, 0.25) is 0 Å². The lowest BCUT2D eigenvalue weighted by molar-refractivity contribution is 0.0130. The molecule has 0 atom stereocenters. The minimum absolute atomic E-state index is 0.147. The Morgan fingerprint density at radius 1 is 1.10 bits per heavy atom. The van der Waals surface area contributed by atoms with E-state index < -0.39 is 0 Å². The Bertz CT molecular complexity index is 645. The fourth-order valence-electron chi connectivity index (χ4n) is 4.09. The molecule has 2 amide bonds. The molecule has 0 unspecified atom stereocenters. The summed E-state index contributed by atoms with van der Waals surface area (Å²) in [6.07, 6.45) is 12.3. The number of hydrogen-bond donors (Lipinski definition) is 1. The summed E-state index contributed by atoms with van der Waals surface area (Å²) < 4.78 is 19.1. The van der Waals surface area contributed by atoms with Crippen molar-refractivity contribution in [2.75, 3.05) is 39.1 Å². The van der Waals surface area contributed by atoms with Crippen LogP contribution in [-0.2, 0) is 4.74 Å². The molecule has 1 fully saturated rings. The molecule has 0 spiro atoms. The van der Waals surface area contributed by atoms with E-state index in [1.165, 1.54) is 37.8 Å². The highest BCUT2D eigenvalue weighted by Crippen LogP contribution is 2.25. The first-order valence-corrected chi connectivity index (χ1v) is 11.7. The highest BCUT2D eigenvalue weighted by Gasteiger charge is 2.27. The average Bonchev–Trinajstić information content (AvgIpc) is 2.77. The minimum atomic E-state index is -0.309. The van der Waals surface area contributed by atoms with Gasteiger partial charge in [0.05, 0.1) is 6.10 Å². The molecular weight excluding hydrogens is 393 g/mol. The van der Waals surface area contributed by atoms with Crippen LogP contribution in [0.5, 0.6) is 0 Å². The van der Waals surface area contributed by atoms with Crippen molar-refractivity contribution in [2.24, 2.45) is 0 Å². The second-order valence-electron chi connectivity index (χ2n) is 8.67. The molecule has 31 heavy (non-hydrogen) atoms. The fraction of sp³-hybridized carbons (Fsp3) is 0.640. The van der Waals surface area contributed by atoms with Crippen LogP contribution in [0.2, 0.25) is 0 Å². The summed E-state index contributed by atoms with van der Waals surface area (Å²) >= 11 is 0. The number of rotatable bonds is 13. The van der Waals surface area contributed by atoms with Crippen molar-refractivity contribution < 1.29 is 13.9 Å². The number of nitrogens with one attached hydrogen (secondary N) is 1. The zero-order chi connectivity index (χ0) is 22.5. The number of carbonyl (C=O) groups is 1. The van der Waals surface area contributed by atoms with Crippen molar-refractivity contribution in [1.82, 2.24) is 9.80 Å². The van der Waals surface area contributed by atoms with Gasteiger partial charge in [0.1, 0.15) is 5.82 Å². The first-order valence-electron chi connectivity index (χ1n) is 11.7. The third kappa shape index (κ3) is 9.83. The molecular formula is C25H40FN3O2. The molecule has 1 aromatic rings. The van der Waals surface area contributed by atoms with Gasteiger partial charge >= 0.3 is 6.03 Å². The summed E-state index contributed by atoms with van der Waals surface area (Å²) in [4.78, 5) is 16.5. The second kappa shape index (κ2) is 14.2. The van der Waals surface area contributed by atoms with Gasteiger partial charge in [-0.2, -0.15) is 0 Å². The maximum Gasteiger partial charge on any atom is 0.321 e. The normalized spacial score (nSPS) is 18.7. The summed E-state index contributed by atoms with van der Waals surface area (Å²) in [6.45, 7) is 6.71. The summed E-state index contributed by atoms with van der Waals surface area (Å²) in [6, 6.07) is 5.93. The van der Waals surface area contributed by atoms with Crippen LogP contribution in [0.1, 0.15) is 57.8 Å². The Balaban J connectivity index is 1.52. The van der Waals surface area contributed by atoms with Crippen LogP contribution in [0, 0.1) is 5.82 Å². The van der Waals surface area contributed by atoms with Gasteiger partial charge in [0.25, 0.3) is 0 Å². The van der Waals surface area contributed by atoms with Gasteiger partial charge in [0.15, 0.2) is 0 Å². The molecule has 174 valence electrons. The van der Waals surface area contributed by atoms with Crippen LogP contribution in [0.25, 0.3) is 0 Å². The molecule has 0 saturated heterocycles. The van der Waals surface area contributed by atoms with Crippen LogP contribution >= 0.6 is 0 Å². The smallest absolute Gasteiger partial charge is 0.321 e. The SMILES string of the molecule is C=CCN(C)CCCCCCCO[C@H]1CC[C@H](N(C)C(=O)Nc2ccc(F)cc2)CC1. The number of likely N-dealkylation sites (N-methyl/N-ethyl adjacent to an activating group) is 1. The Morgan fingerprint density at radius 3 is 2.42 bits per heavy atom. The number of unbranched alkanes of at least 4 members (excludes halogenated alkanes) is 4. The lowest BCUT2D eigenvalue weighted by Crippen LogP contribution is -2.42. The number of ether oxygens (including phenoxy) is 1. The predicted octanol–water partition coefficient (Wildman–Crippen LogP) is 5.69. The van der Waals surface area contributed by atoms with Gasteiger partial charge in [0, 0.05) is 31.9 Å². The van der Waals surface area contributed by atoms with E-state index in [0.29, 0.717) is 11.8 Å². The van der Waals surface area contributed by atoms with Crippen molar-refractivity contribution in [1.29, 1.82) is 0 Å². The molecule has 1 saturated carbocycles. The molecule has 5 nitrogen and oxygen atoms in total. The average molecular weight is 434 g/mol. The molecule has 1 N–H and O–H groups in total. The zero-order valence-electron chi connectivity index (χ0n) is 19.3. The van der Waals surface area contributed by atoms with Crippen LogP contribution < -0.4 is 5.32 Å². The molecule has 6 heteroatoms. The van der Waals surface area contributed by atoms with Gasteiger partial charge in [-0.25, -0.2) is 9.18 Å². The molecule has 0 radical (unpaired) electrons. The van der Waals surface area contributed by atoms with E-state index in [2.05, 4.69) is 23.8 Å². The van der Waals surface area contributed by atoms with E-state index in [1.54, 1.807) is 17.0 Å². The highest BCUT2D eigenvalue weighted by atomic mass is 19.1. The Labute approximate surface area is 187 Å². The van der Waals surface area contributed by atoms with Crippen LogP contribution in [0.15, 0.2) is 36.9 Å².